The van der Waals surface area contributed by atoms with Crippen LogP contribution in [0, 0.1) is 0 Å². The molecule has 1 aromatic heterocycles. The molecule has 1 N–H and O–H groups in total. The van der Waals surface area contributed by atoms with Crippen LogP contribution in [-0.4, -0.2) is 16.7 Å². The SMILES string of the molecule is C=C(CO)c1ccc(CC)cn1. The molecule has 2 heteroatoms. The molecule has 0 aliphatic carbocycles. The molecule has 0 amide bonds. The van der Waals surface area contributed by atoms with Crippen LogP contribution >= 0.6 is 0 Å². The van der Waals surface area contributed by atoms with Crippen LogP contribution in [-0.2, 0) is 6.42 Å². The summed E-state index contributed by atoms with van der Waals surface area (Å²) >= 11 is 0. The molecule has 12 heavy (non-hydrogen) atoms. The summed E-state index contributed by atoms with van der Waals surface area (Å²) in [6, 6.07) is 3.89. The molecule has 0 unspecified atom stereocenters. The van der Waals surface area contributed by atoms with E-state index in [0.29, 0.717) is 5.57 Å². The minimum atomic E-state index is -0.0293. The van der Waals surface area contributed by atoms with Gasteiger partial charge in [-0.3, -0.25) is 4.98 Å². The van der Waals surface area contributed by atoms with Crippen LogP contribution in [0.1, 0.15) is 18.2 Å². The lowest BCUT2D eigenvalue weighted by atomic mass is 10.1. The summed E-state index contributed by atoms with van der Waals surface area (Å²) in [5, 5.41) is 8.78. The molecule has 0 radical (unpaired) electrons. The first-order valence-electron chi connectivity index (χ1n) is 4.02. The van der Waals surface area contributed by atoms with E-state index in [1.54, 1.807) is 0 Å². The predicted molar refractivity (Wildman–Crippen MR) is 49.7 cm³/mol. The van der Waals surface area contributed by atoms with Gasteiger partial charge in [-0.05, 0) is 23.6 Å². The van der Waals surface area contributed by atoms with E-state index >= 15 is 0 Å². The van der Waals surface area contributed by atoms with E-state index in [-0.39, 0.29) is 6.61 Å². The van der Waals surface area contributed by atoms with E-state index in [1.165, 1.54) is 5.56 Å². The highest BCUT2D eigenvalue weighted by Crippen LogP contribution is 2.08. The van der Waals surface area contributed by atoms with Crippen LogP contribution in [0.4, 0.5) is 0 Å². The summed E-state index contributed by atoms with van der Waals surface area (Å²) in [6.45, 7) is 5.74. The Bertz CT molecular complexity index is 264. The van der Waals surface area contributed by atoms with Crippen LogP contribution in [0.25, 0.3) is 5.57 Å². The van der Waals surface area contributed by atoms with Crippen LogP contribution in [0.5, 0.6) is 0 Å². The summed E-state index contributed by atoms with van der Waals surface area (Å²) in [5.74, 6) is 0. The third kappa shape index (κ3) is 1.92. The minimum Gasteiger partial charge on any atom is -0.392 e. The topological polar surface area (TPSA) is 33.1 Å². The maximum Gasteiger partial charge on any atom is 0.0697 e. The zero-order valence-electron chi connectivity index (χ0n) is 7.25. The van der Waals surface area contributed by atoms with Crippen LogP contribution in [0.3, 0.4) is 0 Å². The summed E-state index contributed by atoms with van der Waals surface area (Å²) in [4.78, 5) is 4.16. The largest absolute Gasteiger partial charge is 0.392 e. The molecule has 1 rings (SSSR count). The maximum absolute atomic E-state index is 8.78. The Hall–Kier alpha value is -1.15. The third-order valence-corrected chi connectivity index (χ3v) is 1.79. The van der Waals surface area contributed by atoms with Crippen molar-refractivity contribution < 1.29 is 5.11 Å². The monoisotopic (exact) mass is 163 g/mol. The summed E-state index contributed by atoms with van der Waals surface area (Å²) < 4.78 is 0. The lowest BCUT2D eigenvalue weighted by Crippen LogP contribution is -1.93. The van der Waals surface area contributed by atoms with Gasteiger partial charge in [0.2, 0.25) is 0 Å². The van der Waals surface area contributed by atoms with E-state index in [4.69, 9.17) is 5.11 Å². The molecule has 0 saturated heterocycles. The van der Waals surface area contributed by atoms with Crippen molar-refractivity contribution in [1.29, 1.82) is 0 Å². The highest BCUT2D eigenvalue weighted by atomic mass is 16.3. The predicted octanol–water partition coefficient (Wildman–Crippen LogP) is 1.65. The second-order valence-electron chi connectivity index (χ2n) is 2.67. The summed E-state index contributed by atoms with van der Waals surface area (Å²) in [6.07, 6.45) is 2.80. The molecule has 1 aromatic rings. The van der Waals surface area contributed by atoms with Gasteiger partial charge in [0, 0.05) is 6.20 Å². The zero-order chi connectivity index (χ0) is 8.97. The lowest BCUT2D eigenvalue weighted by molar-refractivity contribution is 0.350. The van der Waals surface area contributed by atoms with Gasteiger partial charge in [-0.2, -0.15) is 0 Å². The Morgan fingerprint density at radius 1 is 1.58 bits per heavy atom. The Balaban J connectivity index is 2.84. The molecule has 0 aromatic carbocycles. The highest BCUT2D eigenvalue weighted by molar-refractivity contribution is 5.60. The quantitative estimate of drug-likeness (QED) is 0.735. The van der Waals surface area contributed by atoms with Gasteiger partial charge in [-0.1, -0.05) is 19.6 Å². The average Bonchev–Trinajstić information content (AvgIpc) is 2.17. The molecule has 0 atom stereocenters. The normalized spacial score (nSPS) is 9.83. The van der Waals surface area contributed by atoms with Crippen LogP contribution in [0.2, 0.25) is 0 Å². The molecule has 0 aliphatic rings. The number of hydrogen-bond acceptors (Lipinski definition) is 2. The van der Waals surface area contributed by atoms with E-state index in [9.17, 15) is 0 Å². The number of pyridine rings is 1. The number of rotatable bonds is 3. The van der Waals surface area contributed by atoms with Crippen LogP contribution < -0.4 is 0 Å². The van der Waals surface area contributed by atoms with Crippen molar-refractivity contribution >= 4 is 5.57 Å². The molecular weight excluding hydrogens is 150 g/mol. The first kappa shape index (κ1) is 8.94. The van der Waals surface area contributed by atoms with Crippen molar-refractivity contribution in [2.24, 2.45) is 0 Å². The highest BCUT2D eigenvalue weighted by Gasteiger charge is 1.97. The zero-order valence-corrected chi connectivity index (χ0v) is 7.25. The van der Waals surface area contributed by atoms with E-state index < -0.39 is 0 Å². The Morgan fingerprint density at radius 2 is 2.33 bits per heavy atom. The van der Waals surface area contributed by atoms with Gasteiger partial charge in [0.05, 0.1) is 12.3 Å². The molecule has 64 valence electrons. The Labute approximate surface area is 72.6 Å². The summed E-state index contributed by atoms with van der Waals surface area (Å²) in [5.41, 5.74) is 2.64. The van der Waals surface area contributed by atoms with Crippen molar-refractivity contribution in [3.05, 3.63) is 36.2 Å². The third-order valence-electron chi connectivity index (χ3n) is 1.79. The second-order valence-corrected chi connectivity index (χ2v) is 2.67. The fourth-order valence-electron chi connectivity index (χ4n) is 0.924. The first-order chi connectivity index (χ1) is 5.77. The molecule has 1 heterocycles. The average molecular weight is 163 g/mol. The minimum absolute atomic E-state index is 0.0293. The van der Waals surface area contributed by atoms with E-state index in [2.05, 4.69) is 18.5 Å². The molecule has 0 bridgehead atoms. The maximum atomic E-state index is 8.78. The smallest absolute Gasteiger partial charge is 0.0697 e. The van der Waals surface area contributed by atoms with E-state index in [0.717, 1.165) is 12.1 Å². The fourth-order valence-corrected chi connectivity index (χ4v) is 0.924. The van der Waals surface area contributed by atoms with Crippen molar-refractivity contribution in [3.63, 3.8) is 0 Å². The lowest BCUT2D eigenvalue weighted by Gasteiger charge is -2.01. The van der Waals surface area contributed by atoms with Gasteiger partial charge in [-0.25, -0.2) is 0 Å². The van der Waals surface area contributed by atoms with Gasteiger partial charge in [-0.15, -0.1) is 0 Å². The second kappa shape index (κ2) is 4.02. The van der Waals surface area contributed by atoms with Crippen molar-refractivity contribution in [2.75, 3.05) is 6.61 Å². The molecular formula is C10H13NO. The standard InChI is InChI=1S/C10H13NO/c1-3-9-4-5-10(11-6-9)8(2)7-12/h4-6,12H,2-3,7H2,1H3. The molecule has 2 nitrogen and oxygen atoms in total. The van der Waals surface area contributed by atoms with Gasteiger partial charge >= 0.3 is 0 Å². The van der Waals surface area contributed by atoms with Crippen LogP contribution in [0.15, 0.2) is 24.9 Å². The van der Waals surface area contributed by atoms with Gasteiger partial charge < -0.3 is 5.11 Å². The van der Waals surface area contributed by atoms with Crippen molar-refractivity contribution in [2.45, 2.75) is 13.3 Å². The number of aryl methyl sites for hydroxylation is 1. The summed E-state index contributed by atoms with van der Waals surface area (Å²) in [7, 11) is 0. The number of nitrogens with zero attached hydrogens (tertiary/aromatic N) is 1. The van der Waals surface area contributed by atoms with Crippen molar-refractivity contribution in [3.8, 4) is 0 Å². The van der Waals surface area contributed by atoms with Crippen molar-refractivity contribution in [1.82, 2.24) is 4.98 Å². The number of aromatic nitrogens is 1. The molecule has 0 saturated carbocycles. The first-order valence-corrected chi connectivity index (χ1v) is 4.02. The number of aliphatic hydroxyl groups excluding tert-OH is 1. The molecule has 0 fully saturated rings. The number of aliphatic hydroxyl groups is 1. The van der Waals surface area contributed by atoms with Gasteiger partial charge in [0.1, 0.15) is 0 Å². The Kier molecular flexibility index (Phi) is 3.00. The Morgan fingerprint density at radius 3 is 2.75 bits per heavy atom. The fraction of sp³-hybridized carbons (Fsp3) is 0.300. The van der Waals surface area contributed by atoms with E-state index in [1.807, 2.05) is 18.3 Å². The number of hydrogen-bond donors (Lipinski definition) is 1. The van der Waals surface area contributed by atoms with Gasteiger partial charge in [0.15, 0.2) is 0 Å². The molecule has 0 spiro atoms. The van der Waals surface area contributed by atoms with Gasteiger partial charge in [0.25, 0.3) is 0 Å². The molecule has 0 aliphatic heterocycles.